The molecule has 5 nitrogen and oxygen atoms in total. The van der Waals surface area contributed by atoms with E-state index in [1.54, 1.807) is 12.3 Å². The Morgan fingerprint density at radius 1 is 1.00 bits per heavy atom. The number of hydrogen-bond donors (Lipinski definition) is 2. The summed E-state index contributed by atoms with van der Waals surface area (Å²) in [7, 11) is 0. The highest BCUT2D eigenvalue weighted by molar-refractivity contribution is 6.06. The van der Waals surface area contributed by atoms with Crippen LogP contribution in [0.4, 0.5) is 28.9 Å². The van der Waals surface area contributed by atoms with Gasteiger partial charge in [-0.2, -0.15) is 0 Å². The van der Waals surface area contributed by atoms with E-state index in [1.807, 2.05) is 0 Å². The molecule has 3 aromatic rings. The molecule has 0 bridgehead atoms. The SMILES string of the molecule is Cl.Cl.NCCCN(c1ccncc1NC(=O)c1ccc(F)c(-c2c(F)cccc2F)c1F)C1CC1. The van der Waals surface area contributed by atoms with Gasteiger partial charge in [-0.1, -0.05) is 6.07 Å². The molecule has 1 aromatic heterocycles. The summed E-state index contributed by atoms with van der Waals surface area (Å²) in [4.78, 5) is 19.1. The highest BCUT2D eigenvalue weighted by atomic mass is 35.5. The van der Waals surface area contributed by atoms with Gasteiger partial charge in [0.25, 0.3) is 5.91 Å². The summed E-state index contributed by atoms with van der Waals surface area (Å²) in [6.45, 7) is 1.18. The van der Waals surface area contributed by atoms with Gasteiger partial charge in [-0.3, -0.25) is 9.78 Å². The van der Waals surface area contributed by atoms with Gasteiger partial charge in [-0.15, -0.1) is 24.8 Å². The third-order valence-corrected chi connectivity index (χ3v) is 5.49. The number of rotatable bonds is 8. The Labute approximate surface area is 212 Å². The zero-order valence-electron chi connectivity index (χ0n) is 18.4. The molecule has 1 aliphatic carbocycles. The van der Waals surface area contributed by atoms with E-state index in [0.29, 0.717) is 30.5 Å². The third kappa shape index (κ3) is 6.04. The first kappa shape index (κ1) is 28.4. The van der Waals surface area contributed by atoms with Gasteiger partial charge in [-0.05, 0) is 56.1 Å². The second-order valence-corrected chi connectivity index (χ2v) is 7.79. The minimum absolute atomic E-state index is 0. The molecular formula is C24H24Cl2F4N4O. The normalized spacial score (nSPS) is 12.4. The third-order valence-electron chi connectivity index (χ3n) is 5.49. The average Bonchev–Trinajstić information content (AvgIpc) is 3.62. The highest BCUT2D eigenvalue weighted by Crippen LogP contribution is 2.36. The Morgan fingerprint density at radius 2 is 1.66 bits per heavy atom. The fraction of sp³-hybridized carbons (Fsp3) is 0.250. The summed E-state index contributed by atoms with van der Waals surface area (Å²) >= 11 is 0. The van der Waals surface area contributed by atoms with E-state index in [-0.39, 0.29) is 24.8 Å². The summed E-state index contributed by atoms with van der Waals surface area (Å²) in [5.74, 6) is -5.71. The number of pyridine rings is 1. The molecule has 35 heavy (non-hydrogen) atoms. The lowest BCUT2D eigenvalue weighted by Crippen LogP contribution is -2.29. The van der Waals surface area contributed by atoms with Crippen molar-refractivity contribution >= 4 is 42.1 Å². The maximum Gasteiger partial charge on any atom is 0.258 e. The molecule has 1 fully saturated rings. The van der Waals surface area contributed by atoms with E-state index >= 15 is 4.39 Å². The quantitative estimate of drug-likeness (QED) is 0.365. The first-order valence-corrected chi connectivity index (χ1v) is 10.6. The van der Waals surface area contributed by atoms with E-state index in [2.05, 4.69) is 15.2 Å². The van der Waals surface area contributed by atoms with E-state index in [4.69, 9.17) is 5.73 Å². The number of anilines is 2. The molecular weight excluding hydrogens is 507 g/mol. The Kier molecular flexibility index (Phi) is 9.88. The molecule has 1 amide bonds. The first-order valence-electron chi connectivity index (χ1n) is 10.6. The van der Waals surface area contributed by atoms with Crippen LogP contribution >= 0.6 is 24.8 Å². The van der Waals surface area contributed by atoms with Gasteiger partial charge < -0.3 is 16.0 Å². The Morgan fingerprint density at radius 3 is 2.29 bits per heavy atom. The van der Waals surface area contributed by atoms with Crippen LogP contribution < -0.4 is 16.0 Å². The molecule has 1 saturated carbocycles. The van der Waals surface area contributed by atoms with Crippen LogP contribution in [0.15, 0.2) is 48.8 Å². The second-order valence-electron chi connectivity index (χ2n) is 7.79. The number of amides is 1. The summed E-state index contributed by atoms with van der Waals surface area (Å²) in [5, 5.41) is 2.61. The zero-order valence-corrected chi connectivity index (χ0v) is 20.1. The predicted octanol–water partition coefficient (Wildman–Crippen LogP) is 5.72. The molecule has 4 rings (SSSR count). The van der Waals surface area contributed by atoms with Crippen LogP contribution in [0.1, 0.15) is 29.6 Å². The van der Waals surface area contributed by atoms with Crippen molar-refractivity contribution in [1.82, 2.24) is 4.98 Å². The van der Waals surface area contributed by atoms with Crippen LogP contribution in [0, 0.1) is 23.3 Å². The molecule has 3 N–H and O–H groups in total. The smallest absolute Gasteiger partial charge is 0.258 e. The van der Waals surface area contributed by atoms with Crippen molar-refractivity contribution in [3.8, 4) is 11.1 Å². The van der Waals surface area contributed by atoms with Crippen LogP contribution in [0.2, 0.25) is 0 Å². The zero-order chi connectivity index (χ0) is 23.5. The number of nitrogens with two attached hydrogens (primary N) is 1. The monoisotopic (exact) mass is 530 g/mol. The Bertz CT molecular complexity index is 1170. The van der Waals surface area contributed by atoms with Crippen LogP contribution in [0.25, 0.3) is 11.1 Å². The minimum Gasteiger partial charge on any atom is -0.367 e. The van der Waals surface area contributed by atoms with E-state index in [0.717, 1.165) is 49.6 Å². The van der Waals surface area contributed by atoms with E-state index in [9.17, 15) is 18.0 Å². The van der Waals surface area contributed by atoms with Crippen molar-refractivity contribution in [2.45, 2.75) is 25.3 Å². The molecule has 0 unspecified atom stereocenters. The fourth-order valence-corrected chi connectivity index (χ4v) is 3.76. The lowest BCUT2D eigenvalue weighted by molar-refractivity contribution is 0.102. The number of halogens is 6. The molecule has 11 heteroatoms. The number of nitrogens with zero attached hydrogens (tertiary/aromatic N) is 2. The van der Waals surface area contributed by atoms with Gasteiger partial charge in [0.05, 0.1) is 34.3 Å². The van der Waals surface area contributed by atoms with E-state index in [1.165, 1.54) is 6.20 Å². The van der Waals surface area contributed by atoms with Gasteiger partial charge >= 0.3 is 0 Å². The van der Waals surface area contributed by atoms with Crippen molar-refractivity contribution < 1.29 is 22.4 Å². The lowest BCUT2D eigenvalue weighted by Gasteiger charge is -2.26. The summed E-state index contributed by atoms with van der Waals surface area (Å²) < 4.78 is 58.0. The van der Waals surface area contributed by atoms with Crippen molar-refractivity contribution in [3.05, 3.63) is 77.6 Å². The van der Waals surface area contributed by atoms with E-state index < -0.39 is 45.9 Å². The van der Waals surface area contributed by atoms with Crippen molar-refractivity contribution in [3.63, 3.8) is 0 Å². The Balaban J connectivity index is 0.00000216. The van der Waals surface area contributed by atoms with Gasteiger partial charge in [-0.25, -0.2) is 17.6 Å². The molecule has 0 radical (unpaired) electrons. The first-order chi connectivity index (χ1) is 15.9. The van der Waals surface area contributed by atoms with Gasteiger partial charge in [0, 0.05) is 18.8 Å². The number of hydrogen-bond acceptors (Lipinski definition) is 4. The highest BCUT2D eigenvalue weighted by Gasteiger charge is 2.31. The molecule has 2 aromatic carbocycles. The standard InChI is InChI=1S/C24H22F4N4O.2ClH/c25-16-3-1-4-17(26)21(16)22-18(27)8-7-15(23(22)28)24(33)31-19-13-30-11-9-20(19)32(12-2-10-29)14-5-6-14;;/h1,3-4,7-9,11,13-14H,2,5-6,10,12,29H2,(H,31,33);2*1H. The molecule has 1 heterocycles. The van der Waals surface area contributed by atoms with Crippen LogP contribution in [-0.2, 0) is 0 Å². The minimum atomic E-state index is -1.36. The van der Waals surface area contributed by atoms with Crippen LogP contribution in [-0.4, -0.2) is 30.0 Å². The van der Waals surface area contributed by atoms with Gasteiger partial charge in [0.15, 0.2) is 0 Å². The topological polar surface area (TPSA) is 71.2 Å². The summed E-state index contributed by atoms with van der Waals surface area (Å²) in [5.41, 5.74) is 4.34. The predicted molar refractivity (Wildman–Crippen MR) is 132 cm³/mol. The van der Waals surface area contributed by atoms with Crippen molar-refractivity contribution in [2.75, 3.05) is 23.3 Å². The summed E-state index contributed by atoms with van der Waals surface area (Å²) in [6.07, 6.45) is 5.77. The average molecular weight is 531 g/mol. The molecule has 0 saturated heterocycles. The number of aromatic nitrogens is 1. The molecule has 1 aliphatic rings. The largest absolute Gasteiger partial charge is 0.367 e. The summed E-state index contributed by atoms with van der Waals surface area (Å²) in [6, 6.07) is 6.66. The molecule has 0 atom stereocenters. The van der Waals surface area contributed by atoms with Gasteiger partial charge in [0.2, 0.25) is 0 Å². The maximum atomic E-state index is 15.2. The maximum absolute atomic E-state index is 15.2. The fourth-order valence-electron chi connectivity index (χ4n) is 3.76. The molecule has 0 aliphatic heterocycles. The molecule has 188 valence electrons. The second kappa shape index (κ2) is 12.2. The van der Waals surface area contributed by atoms with Crippen LogP contribution in [0.3, 0.4) is 0 Å². The lowest BCUT2D eigenvalue weighted by atomic mass is 9.99. The number of nitrogens with one attached hydrogen (secondary N) is 1. The number of carbonyl (C=O) groups is 1. The van der Waals surface area contributed by atoms with Gasteiger partial charge in [0.1, 0.15) is 23.3 Å². The number of benzene rings is 2. The van der Waals surface area contributed by atoms with Crippen LogP contribution in [0.5, 0.6) is 0 Å². The van der Waals surface area contributed by atoms with Crippen molar-refractivity contribution in [2.24, 2.45) is 5.73 Å². The molecule has 0 spiro atoms. The number of carbonyl (C=O) groups excluding carboxylic acids is 1. The van der Waals surface area contributed by atoms with Crippen molar-refractivity contribution in [1.29, 1.82) is 0 Å². The Hall–Kier alpha value is -2.88.